The van der Waals surface area contributed by atoms with Crippen LogP contribution in [0.2, 0.25) is 5.02 Å². The molecule has 1 aliphatic rings. The molecule has 1 nitrogen and oxygen atoms in total. The summed E-state index contributed by atoms with van der Waals surface area (Å²) in [4.78, 5) is 0. The normalized spacial score (nSPS) is 20.1. The molecule has 0 unspecified atom stereocenters. The average molecular weight is 254 g/mol. The van der Waals surface area contributed by atoms with Gasteiger partial charge in [0.25, 0.3) is 0 Å². The van der Waals surface area contributed by atoms with Crippen molar-refractivity contribution in [2.45, 2.75) is 18.9 Å². The molecule has 0 amide bonds. The largest absolute Gasteiger partial charge is 0.310 e. The SMILES string of the molecule is Cl.Fc1cc(Cl)cc(F)c1[C@H]1CCCN1. The molecule has 0 radical (unpaired) electrons. The van der Waals surface area contributed by atoms with Crippen LogP contribution in [-0.2, 0) is 0 Å². The van der Waals surface area contributed by atoms with Gasteiger partial charge in [-0.15, -0.1) is 12.4 Å². The summed E-state index contributed by atoms with van der Waals surface area (Å²) < 4.78 is 26.8. The lowest BCUT2D eigenvalue weighted by Crippen LogP contribution is -2.16. The van der Waals surface area contributed by atoms with Gasteiger partial charge in [0.2, 0.25) is 0 Å². The van der Waals surface area contributed by atoms with Crippen molar-refractivity contribution in [2.24, 2.45) is 0 Å². The van der Waals surface area contributed by atoms with E-state index in [-0.39, 0.29) is 29.0 Å². The zero-order valence-electron chi connectivity index (χ0n) is 7.90. The molecule has 15 heavy (non-hydrogen) atoms. The summed E-state index contributed by atoms with van der Waals surface area (Å²) in [6.07, 6.45) is 1.72. The van der Waals surface area contributed by atoms with E-state index in [1.54, 1.807) is 0 Å². The Morgan fingerprint density at radius 2 is 1.87 bits per heavy atom. The van der Waals surface area contributed by atoms with Crippen molar-refractivity contribution in [3.05, 3.63) is 34.4 Å². The van der Waals surface area contributed by atoms with E-state index in [0.29, 0.717) is 0 Å². The van der Waals surface area contributed by atoms with Crippen molar-refractivity contribution in [1.29, 1.82) is 0 Å². The summed E-state index contributed by atoms with van der Waals surface area (Å²) in [6.45, 7) is 0.812. The number of nitrogens with one attached hydrogen (secondary N) is 1. The minimum Gasteiger partial charge on any atom is -0.310 e. The molecule has 1 atom stereocenters. The quantitative estimate of drug-likeness (QED) is 0.809. The molecule has 2 rings (SSSR count). The molecule has 1 N–H and O–H groups in total. The average Bonchev–Trinajstić information content (AvgIpc) is 2.54. The van der Waals surface area contributed by atoms with Crippen molar-refractivity contribution < 1.29 is 8.78 Å². The van der Waals surface area contributed by atoms with Gasteiger partial charge >= 0.3 is 0 Å². The van der Waals surface area contributed by atoms with Crippen LogP contribution in [0.15, 0.2) is 12.1 Å². The highest BCUT2D eigenvalue weighted by atomic mass is 35.5. The van der Waals surface area contributed by atoms with Crippen molar-refractivity contribution in [3.8, 4) is 0 Å². The van der Waals surface area contributed by atoms with Gasteiger partial charge in [-0.1, -0.05) is 11.6 Å². The third-order valence-corrected chi connectivity index (χ3v) is 2.67. The van der Waals surface area contributed by atoms with Crippen molar-refractivity contribution in [3.63, 3.8) is 0 Å². The van der Waals surface area contributed by atoms with Gasteiger partial charge < -0.3 is 5.32 Å². The van der Waals surface area contributed by atoms with E-state index in [4.69, 9.17) is 11.6 Å². The summed E-state index contributed by atoms with van der Waals surface area (Å²) in [5.74, 6) is -1.12. The Bertz CT molecular complexity index is 328. The van der Waals surface area contributed by atoms with Gasteiger partial charge in [0, 0.05) is 16.6 Å². The molecule has 84 valence electrons. The van der Waals surface area contributed by atoms with E-state index in [1.807, 2.05) is 0 Å². The topological polar surface area (TPSA) is 12.0 Å². The zero-order valence-corrected chi connectivity index (χ0v) is 9.47. The third kappa shape index (κ3) is 2.60. The third-order valence-electron chi connectivity index (χ3n) is 2.45. The predicted octanol–water partition coefficient (Wildman–Crippen LogP) is 3.46. The summed E-state index contributed by atoms with van der Waals surface area (Å²) >= 11 is 5.53. The molecule has 1 aromatic carbocycles. The second-order valence-corrected chi connectivity index (χ2v) is 3.87. The lowest BCUT2D eigenvalue weighted by Gasteiger charge is -2.12. The Morgan fingerprint density at radius 1 is 1.27 bits per heavy atom. The van der Waals surface area contributed by atoms with Crippen LogP contribution in [0.1, 0.15) is 24.4 Å². The van der Waals surface area contributed by atoms with Crippen LogP contribution < -0.4 is 5.32 Å². The van der Waals surface area contributed by atoms with E-state index in [1.165, 1.54) is 0 Å². The molecule has 0 saturated carbocycles. The number of rotatable bonds is 1. The van der Waals surface area contributed by atoms with E-state index in [0.717, 1.165) is 31.5 Å². The highest BCUT2D eigenvalue weighted by Gasteiger charge is 2.23. The fraction of sp³-hybridized carbons (Fsp3) is 0.400. The fourth-order valence-electron chi connectivity index (χ4n) is 1.82. The molecular weight excluding hydrogens is 243 g/mol. The van der Waals surface area contributed by atoms with Crippen molar-refractivity contribution in [2.75, 3.05) is 6.54 Å². The van der Waals surface area contributed by atoms with Gasteiger partial charge in [0.15, 0.2) is 0 Å². The number of benzene rings is 1. The standard InChI is InChI=1S/C10H10ClF2N.ClH/c11-6-4-7(12)10(8(13)5-6)9-2-1-3-14-9;/h4-5,9,14H,1-3H2;1H/t9-;/m1./s1. The molecule has 1 heterocycles. The number of hydrogen-bond donors (Lipinski definition) is 1. The highest BCUT2D eigenvalue weighted by Crippen LogP contribution is 2.29. The second kappa shape index (κ2) is 5.10. The van der Waals surface area contributed by atoms with Crippen molar-refractivity contribution in [1.82, 2.24) is 5.32 Å². The first kappa shape index (κ1) is 12.7. The van der Waals surface area contributed by atoms with E-state index < -0.39 is 11.6 Å². The minimum absolute atomic E-state index is 0. The predicted molar refractivity (Wildman–Crippen MR) is 58.6 cm³/mol. The fourth-order valence-corrected chi connectivity index (χ4v) is 2.01. The molecule has 0 bridgehead atoms. The monoisotopic (exact) mass is 253 g/mol. The molecule has 1 aliphatic heterocycles. The van der Waals surface area contributed by atoms with Crippen LogP contribution >= 0.6 is 24.0 Å². The Balaban J connectivity index is 0.00000112. The zero-order chi connectivity index (χ0) is 10.1. The Morgan fingerprint density at radius 3 is 2.33 bits per heavy atom. The maximum atomic E-state index is 13.4. The first-order chi connectivity index (χ1) is 6.68. The molecule has 0 aromatic heterocycles. The van der Waals surface area contributed by atoms with Gasteiger partial charge in [-0.25, -0.2) is 8.78 Å². The smallest absolute Gasteiger partial charge is 0.132 e. The summed E-state index contributed by atoms with van der Waals surface area (Å²) in [5, 5.41) is 3.15. The van der Waals surface area contributed by atoms with Gasteiger partial charge in [-0.2, -0.15) is 0 Å². The molecule has 0 aliphatic carbocycles. The van der Waals surface area contributed by atoms with Gasteiger partial charge in [0.1, 0.15) is 11.6 Å². The molecule has 1 aromatic rings. The van der Waals surface area contributed by atoms with E-state index >= 15 is 0 Å². The highest BCUT2D eigenvalue weighted by molar-refractivity contribution is 6.30. The van der Waals surface area contributed by atoms with Crippen LogP contribution in [0.4, 0.5) is 8.78 Å². The van der Waals surface area contributed by atoms with Crippen LogP contribution in [0.3, 0.4) is 0 Å². The van der Waals surface area contributed by atoms with Crippen LogP contribution in [0.25, 0.3) is 0 Å². The van der Waals surface area contributed by atoms with Crippen molar-refractivity contribution >= 4 is 24.0 Å². The molecule has 1 saturated heterocycles. The Kier molecular flexibility index (Phi) is 4.32. The maximum absolute atomic E-state index is 13.4. The minimum atomic E-state index is -0.561. The molecule has 5 heteroatoms. The molecular formula is C10H11Cl2F2N. The van der Waals surface area contributed by atoms with Gasteiger partial charge in [-0.3, -0.25) is 0 Å². The Hall–Kier alpha value is -0.380. The maximum Gasteiger partial charge on any atom is 0.132 e. The summed E-state index contributed by atoms with van der Waals surface area (Å²) in [7, 11) is 0. The summed E-state index contributed by atoms with van der Waals surface area (Å²) in [5.41, 5.74) is 0.118. The number of halogens is 4. The number of hydrogen-bond acceptors (Lipinski definition) is 1. The van der Waals surface area contributed by atoms with Crippen LogP contribution in [-0.4, -0.2) is 6.54 Å². The van der Waals surface area contributed by atoms with Gasteiger partial charge in [-0.05, 0) is 31.5 Å². The molecule has 1 fully saturated rings. The summed E-state index contributed by atoms with van der Waals surface area (Å²) in [6, 6.07) is 2.10. The lowest BCUT2D eigenvalue weighted by molar-refractivity contribution is 0.507. The molecule has 0 spiro atoms. The lowest BCUT2D eigenvalue weighted by atomic mass is 10.0. The van der Waals surface area contributed by atoms with Gasteiger partial charge in [0.05, 0.1) is 0 Å². The van der Waals surface area contributed by atoms with Crippen LogP contribution in [0.5, 0.6) is 0 Å². The first-order valence-corrected chi connectivity index (χ1v) is 4.94. The Labute approximate surface area is 98.2 Å². The van der Waals surface area contributed by atoms with Crippen LogP contribution in [0, 0.1) is 11.6 Å². The van der Waals surface area contributed by atoms with E-state index in [2.05, 4.69) is 5.32 Å². The van der Waals surface area contributed by atoms with E-state index in [9.17, 15) is 8.78 Å². The second-order valence-electron chi connectivity index (χ2n) is 3.43. The first-order valence-electron chi connectivity index (χ1n) is 4.56.